The number of nitrogens with zero attached hydrogens (tertiary/aromatic N) is 3. The summed E-state index contributed by atoms with van der Waals surface area (Å²) in [6, 6.07) is 5.17. The predicted molar refractivity (Wildman–Crippen MR) is 93.6 cm³/mol. The molecule has 8 nitrogen and oxygen atoms in total. The van der Waals surface area contributed by atoms with Gasteiger partial charge in [-0.3, -0.25) is 4.79 Å². The molecular weight excluding hydrogens is 336 g/mol. The van der Waals surface area contributed by atoms with E-state index in [1.165, 1.54) is 11.1 Å². The number of aromatic nitrogens is 1. The van der Waals surface area contributed by atoms with Gasteiger partial charge in [0.25, 0.3) is 0 Å². The molecule has 1 fully saturated rings. The maximum Gasteiger partial charge on any atom is 0.317 e. The average molecular weight is 360 g/mol. The van der Waals surface area contributed by atoms with Gasteiger partial charge in [0.1, 0.15) is 12.2 Å². The van der Waals surface area contributed by atoms with E-state index in [1.54, 1.807) is 26.1 Å². The van der Waals surface area contributed by atoms with Crippen LogP contribution in [-0.2, 0) is 4.79 Å². The van der Waals surface area contributed by atoms with E-state index < -0.39 is 11.9 Å². The molecule has 0 spiro atoms. The van der Waals surface area contributed by atoms with Crippen molar-refractivity contribution in [2.24, 2.45) is 5.92 Å². The Bertz CT molecular complexity index is 663. The summed E-state index contributed by atoms with van der Waals surface area (Å²) in [6.45, 7) is 1.75. The second kappa shape index (κ2) is 9.04. The minimum atomic E-state index is -0.918. The Labute approximate surface area is 152 Å². The third-order valence-corrected chi connectivity index (χ3v) is 4.47. The molecule has 1 unspecified atom stereocenters. The number of hydrogen-bond acceptors (Lipinski definition) is 5. The van der Waals surface area contributed by atoms with E-state index in [2.05, 4.69) is 10.3 Å². The number of aliphatic carboxylic acids is 1. The number of carbonyl (C=O) groups excluding carboxylic acids is 1. The van der Waals surface area contributed by atoms with E-state index in [9.17, 15) is 9.59 Å². The fraction of sp³-hybridized carbons (Fsp3) is 0.556. The topological polar surface area (TPSA) is 116 Å². The summed E-state index contributed by atoms with van der Waals surface area (Å²) in [7, 11) is 1.60. The highest BCUT2D eigenvalue weighted by Gasteiger charge is 2.25. The Kier molecular flexibility index (Phi) is 6.78. The standard InChI is InChI=1S/C18H24N4O4/c1-12(17(23)24)11-22(2)18(25)21-14-4-6-15(7-5-14)26-16-8-3-13(9-19)10-20-16/h3,8,10,12,14-15H,4-7,11H2,1-2H3,(H,21,25)(H,23,24). The van der Waals surface area contributed by atoms with Gasteiger partial charge in [0, 0.05) is 31.9 Å². The first-order valence-electron chi connectivity index (χ1n) is 8.66. The van der Waals surface area contributed by atoms with E-state index >= 15 is 0 Å². The predicted octanol–water partition coefficient (Wildman–Crippen LogP) is 2.01. The van der Waals surface area contributed by atoms with Crippen molar-refractivity contribution in [2.45, 2.75) is 44.8 Å². The van der Waals surface area contributed by atoms with Crippen LogP contribution in [0, 0.1) is 17.2 Å². The Morgan fingerprint density at radius 3 is 2.65 bits per heavy atom. The third-order valence-electron chi connectivity index (χ3n) is 4.47. The molecule has 2 rings (SSSR count). The van der Waals surface area contributed by atoms with Crippen LogP contribution in [0.1, 0.15) is 38.2 Å². The first-order chi connectivity index (χ1) is 12.4. The van der Waals surface area contributed by atoms with Crippen LogP contribution in [-0.4, -0.2) is 52.7 Å². The highest BCUT2D eigenvalue weighted by molar-refractivity contribution is 5.76. The van der Waals surface area contributed by atoms with Crippen molar-refractivity contribution in [1.82, 2.24) is 15.2 Å². The lowest BCUT2D eigenvalue weighted by Gasteiger charge is -2.30. The molecule has 1 heterocycles. The van der Waals surface area contributed by atoms with Gasteiger partial charge in [0.2, 0.25) is 5.88 Å². The van der Waals surface area contributed by atoms with Gasteiger partial charge in [0.15, 0.2) is 0 Å². The molecule has 0 aliphatic heterocycles. The Balaban J connectivity index is 1.74. The van der Waals surface area contributed by atoms with Gasteiger partial charge in [-0.05, 0) is 31.7 Å². The van der Waals surface area contributed by atoms with Gasteiger partial charge < -0.3 is 20.1 Å². The third kappa shape index (κ3) is 5.62. The summed E-state index contributed by atoms with van der Waals surface area (Å²) in [5.41, 5.74) is 0.491. The van der Waals surface area contributed by atoms with E-state index in [-0.39, 0.29) is 24.7 Å². The van der Waals surface area contributed by atoms with Gasteiger partial charge in [-0.1, -0.05) is 6.92 Å². The molecule has 1 saturated carbocycles. The quantitative estimate of drug-likeness (QED) is 0.802. The minimum absolute atomic E-state index is 0.0355. The number of pyridine rings is 1. The van der Waals surface area contributed by atoms with Crippen molar-refractivity contribution in [3.05, 3.63) is 23.9 Å². The number of amides is 2. The summed E-state index contributed by atoms with van der Waals surface area (Å²) in [6.07, 6.45) is 4.68. The lowest BCUT2D eigenvalue weighted by molar-refractivity contribution is -0.141. The van der Waals surface area contributed by atoms with Crippen LogP contribution >= 0.6 is 0 Å². The second-order valence-corrected chi connectivity index (χ2v) is 6.66. The highest BCUT2D eigenvalue weighted by atomic mass is 16.5. The van der Waals surface area contributed by atoms with Crippen LogP contribution in [0.15, 0.2) is 18.3 Å². The minimum Gasteiger partial charge on any atom is -0.481 e. The van der Waals surface area contributed by atoms with Gasteiger partial charge in [-0.25, -0.2) is 9.78 Å². The van der Waals surface area contributed by atoms with E-state index in [0.29, 0.717) is 11.4 Å². The van der Waals surface area contributed by atoms with E-state index in [4.69, 9.17) is 15.1 Å². The van der Waals surface area contributed by atoms with Gasteiger partial charge >= 0.3 is 12.0 Å². The molecule has 8 heteroatoms. The molecule has 26 heavy (non-hydrogen) atoms. The molecule has 2 N–H and O–H groups in total. The molecule has 0 bridgehead atoms. The number of carboxylic acids is 1. The molecule has 2 amide bonds. The van der Waals surface area contributed by atoms with Crippen LogP contribution in [0.3, 0.4) is 0 Å². The molecule has 1 aliphatic carbocycles. The number of carboxylic acid groups (broad SMARTS) is 1. The molecule has 0 radical (unpaired) electrons. The number of carbonyl (C=O) groups is 2. The maximum atomic E-state index is 12.2. The molecule has 0 aromatic carbocycles. The second-order valence-electron chi connectivity index (χ2n) is 6.66. The van der Waals surface area contributed by atoms with Crippen LogP contribution in [0.5, 0.6) is 5.88 Å². The van der Waals surface area contributed by atoms with Crippen LogP contribution < -0.4 is 10.1 Å². The lowest BCUT2D eigenvalue weighted by atomic mass is 9.93. The smallest absolute Gasteiger partial charge is 0.317 e. The van der Waals surface area contributed by atoms with Crippen LogP contribution in [0.25, 0.3) is 0 Å². The van der Waals surface area contributed by atoms with Crippen LogP contribution in [0.2, 0.25) is 0 Å². The van der Waals surface area contributed by atoms with Crippen molar-refractivity contribution in [3.63, 3.8) is 0 Å². The van der Waals surface area contributed by atoms with Gasteiger partial charge in [-0.15, -0.1) is 0 Å². The van der Waals surface area contributed by atoms with Crippen LogP contribution in [0.4, 0.5) is 4.79 Å². The fourth-order valence-electron chi connectivity index (χ4n) is 2.87. The summed E-state index contributed by atoms with van der Waals surface area (Å²) in [5, 5.41) is 20.6. The lowest BCUT2D eigenvalue weighted by Crippen LogP contribution is -2.47. The molecule has 1 aromatic rings. The number of hydrogen-bond donors (Lipinski definition) is 2. The maximum absolute atomic E-state index is 12.2. The monoisotopic (exact) mass is 360 g/mol. The SMILES string of the molecule is CC(CN(C)C(=O)NC1CCC(Oc2ccc(C#N)cn2)CC1)C(=O)O. The zero-order valence-corrected chi connectivity index (χ0v) is 15.0. The fourth-order valence-corrected chi connectivity index (χ4v) is 2.87. The number of urea groups is 1. The summed E-state index contributed by atoms with van der Waals surface area (Å²) in [4.78, 5) is 28.5. The average Bonchev–Trinajstić information content (AvgIpc) is 2.63. The highest BCUT2D eigenvalue weighted by Crippen LogP contribution is 2.23. The largest absolute Gasteiger partial charge is 0.481 e. The van der Waals surface area contributed by atoms with E-state index in [1.807, 2.05) is 6.07 Å². The normalized spacial score (nSPS) is 20.5. The Morgan fingerprint density at radius 2 is 2.12 bits per heavy atom. The number of nitrogens with one attached hydrogen (secondary N) is 1. The number of ether oxygens (including phenoxy) is 1. The zero-order chi connectivity index (χ0) is 19.1. The Hall–Kier alpha value is -2.82. The summed E-state index contributed by atoms with van der Waals surface area (Å²) < 4.78 is 5.83. The summed E-state index contributed by atoms with van der Waals surface area (Å²) in [5.74, 6) is -1.02. The van der Waals surface area contributed by atoms with Crippen molar-refractivity contribution in [1.29, 1.82) is 5.26 Å². The first-order valence-corrected chi connectivity index (χ1v) is 8.66. The molecule has 1 aliphatic rings. The molecule has 0 saturated heterocycles. The summed E-state index contributed by atoms with van der Waals surface area (Å²) >= 11 is 0. The molecule has 140 valence electrons. The molecule has 1 aromatic heterocycles. The number of rotatable bonds is 6. The van der Waals surface area contributed by atoms with Crippen molar-refractivity contribution in [3.8, 4) is 11.9 Å². The number of nitriles is 1. The van der Waals surface area contributed by atoms with E-state index in [0.717, 1.165) is 25.7 Å². The van der Waals surface area contributed by atoms with Gasteiger partial charge in [-0.2, -0.15) is 5.26 Å². The van der Waals surface area contributed by atoms with Crippen molar-refractivity contribution in [2.75, 3.05) is 13.6 Å². The van der Waals surface area contributed by atoms with Gasteiger partial charge in [0.05, 0.1) is 11.5 Å². The Morgan fingerprint density at radius 1 is 1.42 bits per heavy atom. The first kappa shape index (κ1) is 19.5. The van der Waals surface area contributed by atoms with Crippen molar-refractivity contribution < 1.29 is 19.4 Å². The molecule has 1 atom stereocenters. The molecular formula is C18H24N4O4. The van der Waals surface area contributed by atoms with Crippen molar-refractivity contribution >= 4 is 12.0 Å². The zero-order valence-electron chi connectivity index (χ0n) is 15.0.